The van der Waals surface area contributed by atoms with Crippen LogP contribution in [-0.4, -0.2) is 56.0 Å². The van der Waals surface area contributed by atoms with Crippen LogP contribution >= 0.6 is 30.3 Å². The molecule has 2 aromatic heterocycles. The number of carbonyl (C=O) groups excluding carboxylic acids is 3. The van der Waals surface area contributed by atoms with Gasteiger partial charge >= 0.3 is 13.3 Å². The highest BCUT2D eigenvalue weighted by molar-refractivity contribution is 7.52. The topological polar surface area (TPSA) is 149 Å². The lowest BCUT2D eigenvalue weighted by atomic mass is 9.85. The number of fused-ring (bicyclic) bond motifs is 1. The van der Waals surface area contributed by atoms with Gasteiger partial charge in [0.05, 0.1) is 4.88 Å². The minimum atomic E-state index is -5.76. The summed E-state index contributed by atoms with van der Waals surface area (Å²) >= 11 is 2.39. The van der Waals surface area contributed by atoms with Crippen LogP contribution in [0.4, 0.5) is 13.9 Å². The van der Waals surface area contributed by atoms with Gasteiger partial charge in [-0.1, -0.05) is 40.2 Å². The van der Waals surface area contributed by atoms with E-state index in [1.54, 1.807) is 27.0 Å². The number of thiazole rings is 1. The Hall–Kier alpha value is -2.77. The smallest absolute Gasteiger partial charge is 0.339 e. The normalized spacial score (nSPS) is 17.0. The first-order chi connectivity index (χ1) is 19.5. The van der Waals surface area contributed by atoms with Gasteiger partial charge in [-0.25, -0.2) is 4.98 Å². The number of hydrogen-bond acceptors (Lipinski definition) is 7. The highest BCUT2D eigenvalue weighted by atomic mass is 32.1. The Morgan fingerprint density at radius 3 is 2.55 bits per heavy atom. The Kier molecular flexibility index (Phi) is 9.25. The Morgan fingerprint density at radius 1 is 1.19 bits per heavy atom. The van der Waals surface area contributed by atoms with Crippen LogP contribution < -0.4 is 10.6 Å². The molecule has 2 atom stereocenters. The van der Waals surface area contributed by atoms with Crippen molar-refractivity contribution in [3.05, 3.63) is 45.8 Å². The molecule has 0 bridgehead atoms. The van der Waals surface area contributed by atoms with Gasteiger partial charge in [-0.2, -0.15) is 8.78 Å². The molecule has 3 amide bonds. The molecule has 1 aliphatic heterocycles. The average molecular weight is 643 g/mol. The van der Waals surface area contributed by atoms with Crippen LogP contribution in [0.2, 0.25) is 0 Å². The van der Waals surface area contributed by atoms with Gasteiger partial charge in [0.25, 0.3) is 5.91 Å². The van der Waals surface area contributed by atoms with Gasteiger partial charge in [0, 0.05) is 27.9 Å². The lowest BCUT2D eigenvalue weighted by molar-refractivity contribution is -0.140. The zero-order valence-electron chi connectivity index (χ0n) is 23.5. The average Bonchev–Trinajstić information content (AvgIpc) is 3.64. The number of alkyl halides is 2. The molecule has 0 spiro atoms. The van der Waals surface area contributed by atoms with Gasteiger partial charge in [0.2, 0.25) is 11.8 Å². The van der Waals surface area contributed by atoms with E-state index in [0.717, 1.165) is 41.2 Å². The lowest BCUT2D eigenvalue weighted by Gasteiger charge is -2.35. The number of anilines is 1. The predicted molar refractivity (Wildman–Crippen MR) is 158 cm³/mol. The van der Waals surface area contributed by atoms with Crippen molar-refractivity contribution in [2.75, 3.05) is 11.9 Å². The van der Waals surface area contributed by atoms with Crippen molar-refractivity contribution in [3.8, 4) is 0 Å². The Morgan fingerprint density at radius 2 is 1.90 bits per heavy atom. The predicted octanol–water partition coefficient (Wildman–Crippen LogP) is 5.31. The summed E-state index contributed by atoms with van der Waals surface area (Å²) in [4.78, 5) is 65.3. The third-order valence-electron chi connectivity index (χ3n) is 6.96. The molecule has 1 unspecified atom stereocenters. The van der Waals surface area contributed by atoms with Crippen molar-refractivity contribution in [1.82, 2.24) is 15.2 Å². The van der Waals surface area contributed by atoms with E-state index in [4.69, 9.17) is 9.79 Å². The molecular formula is C27H33F2N4O6PS2. The number of aromatic nitrogens is 1. The number of amides is 3. The van der Waals surface area contributed by atoms with Crippen molar-refractivity contribution in [3.63, 3.8) is 0 Å². The summed E-state index contributed by atoms with van der Waals surface area (Å²) in [6.07, 6.45) is 4.62. The molecule has 1 aromatic carbocycles. The highest BCUT2D eigenvalue weighted by Crippen LogP contribution is 2.59. The number of thiophene rings is 1. The van der Waals surface area contributed by atoms with Crippen molar-refractivity contribution in [1.29, 1.82) is 0 Å². The van der Waals surface area contributed by atoms with Crippen molar-refractivity contribution in [2.24, 2.45) is 5.41 Å². The number of rotatable bonds is 9. The van der Waals surface area contributed by atoms with Crippen LogP contribution in [-0.2, 0) is 26.2 Å². The second-order valence-electron chi connectivity index (χ2n) is 11.3. The fourth-order valence-corrected chi connectivity index (χ4v) is 7.08. The zero-order chi connectivity index (χ0) is 31.0. The second-order valence-corrected chi connectivity index (χ2v) is 15.1. The molecule has 4 rings (SSSR count). The molecule has 0 radical (unpaired) electrons. The second kappa shape index (κ2) is 12.1. The van der Waals surface area contributed by atoms with E-state index >= 15 is 0 Å². The van der Waals surface area contributed by atoms with E-state index in [2.05, 4.69) is 22.5 Å². The van der Waals surface area contributed by atoms with Crippen LogP contribution in [0.1, 0.15) is 67.1 Å². The lowest BCUT2D eigenvalue weighted by Crippen LogP contribution is -2.57. The maximum Gasteiger partial charge on any atom is 0.399 e. The number of halogens is 2. The summed E-state index contributed by atoms with van der Waals surface area (Å²) in [6, 6.07) is 2.73. The van der Waals surface area contributed by atoms with Crippen molar-refractivity contribution >= 4 is 63.2 Å². The molecule has 1 saturated heterocycles. The van der Waals surface area contributed by atoms with Crippen LogP contribution in [0.15, 0.2) is 30.5 Å². The van der Waals surface area contributed by atoms with Gasteiger partial charge in [0.15, 0.2) is 5.13 Å². The van der Waals surface area contributed by atoms with Crippen LogP contribution in [0.25, 0.3) is 10.1 Å². The number of hydrogen-bond donors (Lipinski definition) is 4. The fraction of sp³-hybridized carbons (Fsp3) is 0.481. The first-order valence-electron chi connectivity index (χ1n) is 13.4. The maximum atomic E-state index is 14.2. The van der Waals surface area contributed by atoms with E-state index in [9.17, 15) is 27.7 Å². The number of benzene rings is 1. The van der Waals surface area contributed by atoms with Crippen LogP contribution in [0.5, 0.6) is 0 Å². The largest absolute Gasteiger partial charge is 0.399 e. The third-order valence-corrected chi connectivity index (χ3v) is 10.0. The fourth-order valence-electron chi connectivity index (χ4n) is 4.75. The van der Waals surface area contributed by atoms with E-state index in [0.29, 0.717) is 29.2 Å². The van der Waals surface area contributed by atoms with Crippen LogP contribution in [0.3, 0.4) is 0 Å². The van der Waals surface area contributed by atoms with E-state index in [-0.39, 0.29) is 16.2 Å². The molecule has 4 N–H and O–H groups in total. The molecule has 3 aromatic rings. The highest BCUT2D eigenvalue weighted by Gasteiger charge is 2.50. The summed E-state index contributed by atoms with van der Waals surface area (Å²) in [7, 11) is -5.76. The molecule has 0 aliphatic carbocycles. The maximum absolute atomic E-state index is 14.2. The summed E-state index contributed by atoms with van der Waals surface area (Å²) in [5.41, 5.74) is -5.99. The minimum absolute atomic E-state index is 0.131. The van der Waals surface area contributed by atoms with E-state index in [1.807, 2.05) is 0 Å². The summed E-state index contributed by atoms with van der Waals surface area (Å²) < 4.78 is 40.2. The SMILES string of the molecule is CCCc1cnc(NC(=O)[C@@H]2CCCN2C(=O)C(NC(=O)c2cc3cc(C(F)(F)P(=O)(O)O)ccc3s2)C(C)(C)C)s1. The number of aryl methyl sites for hydroxylation is 1. The standard InChI is InChI=1S/C27H33F2N4O6PS2/c1-5-7-17-14-30-25(41-17)32-22(34)18-8-6-11-33(18)24(36)21(26(2,3)4)31-23(35)20-13-15-12-16(9-10-19(15)42-20)27(28,29)40(37,38)39/h9-10,12-14,18,21H,5-8,11H2,1-4H3,(H,31,35)(H,30,32,34)(H2,37,38,39)/t18-,21?/m0/s1. The van der Waals surface area contributed by atoms with Gasteiger partial charge in [-0.05, 0) is 48.3 Å². The zero-order valence-corrected chi connectivity index (χ0v) is 26.0. The van der Waals surface area contributed by atoms with E-state index in [1.165, 1.54) is 28.4 Å². The Bertz CT molecular complexity index is 1550. The van der Waals surface area contributed by atoms with Crippen molar-refractivity contribution in [2.45, 2.75) is 71.1 Å². The van der Waals surface area contributed by atoms with E-state index < -0.39 is 48.1 Å². The summed E-state index contributed by atoms with van der Waals surface area (Å²) in [6.45, 7) is 7.75. The number of nitrogens with zero attached hydrogens (tertiary/aromatic N) is 2. The van der Waals surface area contributed by atoms with Crippen LogP contribution in [0, 0.1) is 5.41 Å². The monoisotopic (exact) mass is 642 g/mol. The molecule has 0 saturated carbocycles. The molecule has 15 heteroatoms. The van der Waals surface area contributed by atoms with Crippen molar-refractivity contribution < 1.29 is 37.5 Å². The third kappa shape index (κ3) is 6.73. The molecule has 228 valence electrons. The summed E-state index contributed by atoms with van der Waals surface area (Å²) in [5, 5.41) is 6.26. The van der Waals surface area contributed by atoms with Gasteiger partial charge in [-0.15, -0.1) is 22.7 Å². The molecule has 1 aliphatic rings. The van der Waals surface area contributed by atoms with Gasteiger partial charge < -0.3 is 25.3 Å². The Labute approximate surface area is 249 Å². The number of nitrogens with one attached hydrogen (secondary N) is 2. The molecule has 10 nitrogen and oxygen atoms in total. The molecule has 1 fully saturated rings. The Balaban J connectivity index is 1.52. The first-order valence-corrected chi connectivity index (χ1v) is 16.6. The minimum Gasteiger partial charge on any atom is -0.339 e. The first kappa shape index (κ1) is 32.2. The molecule has 3 heterocycles. The number of carbonyl (C=O) groups is 3. The van der Waals surface area contributed by atoms with Gasteiger partial charge in [-0.3, -0.25) is 18.9 Å². The summed E-state index contributed by atoms with van der Waals surface area (Å²) in [5.74, 6) is -1.37. The molecule has 42 heavy (non-hydrogen) atoms. The van der Waals surface area contributed by atoms with Gasteiger partial charge in [0.1, 0.15) is 12.1 Å². The number of likely N-dealkylation sites (tertiary alicyclic amines) is 1. The quantitative estimate of drug-likeness (QED) is 0.231. The molecular weight excluding hydrogens is 609 g/mol.